The number of amides is 2. The van der Waals surface area contributed by atoms with Gasteiger partial charge in [0.15, 0.2) is 5.75 Å². The molecule has 0 radical (unpaired) electrons. The molecule has 2 aliphatic rings. The first kappa shape index (κ1) is 19.9. The highest BCUT2D eigenvalue weighted by molar-refractivity contribution is 5.77. The molecule has 0 atom stereocenters. The van der Waals surface area contributed by atoms with Crippen molar-refractivity contribution in [3.05, 3.63) is 24.0 Å². The lowest BCUT2D eigenvalue weighted by molar-refractivity contribution is -0.119. The van der Waals surface area contributed by atoms with E-state index in [0.717, 1.165) is 42.6 Å². The zero-order valence-corrected chi connectivity index (χ0v) is 13.9. The minimum atomic E-state index is -2.92. The first-order valence-electron chi connectivity index (χ1n) is 8.12. The van der Waals surface area contributed by atoms with Crippen molar-refractivity contribution in [2.24, 2.45) is 0 Å². The van der Waals surface area contributed by atoms with Gasteiger partial charge in [0.25, 0.3) is 12.3 Å². The molecule has 0 unspecified atom stereocenters. The van der Waals surface area contributed by atoms with Gasteiger partial charge in [0, 0.05) is 25.9 Å². The maximum Gasteiger partial charge on any atom is 0.415 e. The molecule has 0 spiro atoms. The standard InChI is InChI=1S/C12H12F4N2O2.C4H7NO/c13-10(14)9-3-2-8(6-17-9)20-11(19)18-5-1-4-12(15,16)7-18;6-4-2-1-3-5-4/h2-3,6,10H,1,4-5,7H2;1-3H2,(H,5,6). The largest absolute Gasteiger partial charge is 0.415 e. The Morgan fingerprint density at radius 3 is 2.54 bits per heavy atom. The smallest absolute Gasteiger partial charge is 0.409 e. The maximum atomic E-state index is 13.2. The van der Waals surface area contributed by atoms with Crippen LogP contribution in [0.15, 0.2) is 18.3 Å². The van der Waals surface area contributed by atoms with Gasteiger partial charge in [-0.1, -0.05) is 0 Å². The number of nitrogens with zero attached hydrogens (tertiary/aromatic N) is 2. The molecule has 2 fully saturated rings. The van der Waals surface area contributed by atoms with E-state index >= 15 is 0 Å². The number of likely N-dealkylation sites (tertiary alicyclic amines) is 1. The molecule has 0 aliphatic carbocycles. The van der Waals surface area contributed by atoms with Crippen molar-refractivity contribution in [3.8, 4) is 5.75 Å². The number of aromatic nitrogens is 1. The number of halogens is 4. The lowest BCUT2D eigenvalue weighted by Crippen LogP contribution is -2.46. The van der Waals surface area contributed by atoms with E-state index in [4.69, 9.17) is 4.74 Å². The van der Waals surface area contributed by atoms with Crippen LogP contribution < -0.4 is 10.1 Å². The minimum Gasteiger partial charge on any atom is -0.409 e. The van der Waals surface area contributed by atoms with Crippen molar-refractivity contribution < 1.29 is 31.9 Å². The molecule has 10 heteroatoms. The van der Waals surface area contributed by atoms with E-state index < -0.39 is 30.7 Å². The molecule has 1 aromatic heterocycles. The third kappa shape index (κ3) is 6.16. The highest BCUT2D eigenvalue weighted by atomic mass is 19.3. The molecule has 1 N–H and O–H groups in total. The quantitative estimate of drug-likeness (QED) is 0.804. The van der Waals surface area contributed by atoms with Crippen molar-refractivity contribution >= 4 is 12.0 Å². The number of rotatable bonds is 2. The highest BCUT2D eigenvalue weighted by Gasteiger charge is 2.37. The minimum absolute atomic E-state index is 0.0618. The molecule has 3 heterocycles. The fraction of sp³-hybridized carbons (Fsp3) is 0.562. The number of hydrogen-bond donors (Lipinski definition) is 1. The van der Waals surface area contributed by atoms with Gasteiger partial charge in [-0.2, -0.15) is 0 Å². The van der Waals surface area contributed by atoms with Gasteiger partial charge in [0.05, 0.1) is 12.7 Å². The maximum absolute atomic E-state index is 13.2. The first-order valence-corrected chi connectivity index (χ1v) is 8.12. The van der Waals surface area contributed by atoms with Crippen LogP contribution in [0.4, 0.5) is 22.4 Å². The lowest BCUT2D eigenvalue weighted by Gasteiger charge is -2.31. The van der Waals surface area contributed by atoms with Crippen LogP contribution in [0.1, 0.15) is 37.8 Å². The van der Waals surface area contributed by atoms with Crippen molar-refractivity contribution in [3.63, 3.8) is 0 Å². The van der Waals surface area contributed by atoms with Crippen LogP contribution in [-0.2, 0) is 4.79 Å². The molecule has 2 amide bonds. The Morgan fingerprint density at radius 1 is 1.31 bits per heavy atom. The predicted octanol–water partition coefficient (Wildman–Crippen LogP) is 3.15. The second-order valence-electron chi connectivity index (χ2n) is 5.92. The Labute approximate surface area is 147 Å². The van der Waals surface area contributed by atoms with E-state index in [9.17, 15) is 27.2 Å². The van der Waals surface area contributed by atoms with Gasteiger partial charge in [-0.15, -0.1) is 0 Å². The fourth-order valence-corrected chi connectivity index (χ4v) is 2.43. The van der Waals surface area contributed by atoms with Gasteiger partial charge >= 0.3 is 6.09 Å². The van der Waals surface area contributed by atoms with Crippen LogP contribution in [0, 0.1) is 0 Å². The third-order valence-electron chi connectivity index (χ3n) is 3.74. The van der Waals surface area contributed by atoms with E-state index in [0.29, 0.717) is 0 Å². The molecule has 3 rings (SSSR count). The van der Waals surface area contributed by atoms with Gasteiger partial charge in [-0.3, -0.25) is 9.78 Å². The topological polar surface area (TPSA) is 71.5 Å². The number of carbonyl (C=O) groups excluding carboxylic acids is 2. The summed E-state index contributed by atoms with van der Waals surface area (Å²) in [6.45, 7) is 0.365. The number of carbonyl (C=O) groups is 2. The normalized spacial score (nSPS) is 18.8. The van der Waals surface area contributed by atoms with Gasteiger partial charge in [-0.05, 0) is 25.0 Å². The molecule has 144 valence electrons. The zero-order chi connectivity index (χ0) is 19.2. The highest BCUT2D eigenvalue weighted by Crippen LogP contribution is 2.27. The molecule has 6 nitrogen and oxygen atoms in total. The van der Waals surface area contributed by atoms with Crippen LogP contribution in [-0.4, -0.2) is 47.4 Å². The molecular weight excluding hydrogens is 358 g/mol. The average molecular weight is 377 g/mol. The van der Waals surface area contributed by atoms with E-state index in [-0.39, 0.29) is 31.0 Å². The van der Waals surface area contributed by atoms with Gasteiger partial charge < -0.3 is 15.0 Å². The third-order valence-corrected chi connectivity index (χ3v) is 3.74. The van der Waals surface area contributed by atoms with Crippen LogP contribution in [0.2, 0.25) is 0 Å². The summed E-state index contributed by atoms with van der Waals surface area (Å²) in [5.74, 6) is -2.78. The molecule has 0 aromatic carbocycles. The summed E-state index contributed by atoms with van der Waals surface area (Å²) in [6, 6.07) is 2.16. The number of piperidine rings is 1. The summed E-state index contributed by atoms with van der Waals surface area (Å²) < 4.78 is 55.7. The average Bonchev–Trinajstić information content (AvgIpc) is 3.06. The molecule has 26 heavy (non-hydrogen) atoms. The summed E-state index contributed by atoms with van der Waals surface area (Å²) in [4.78, 5) is 26.1. The van der Waals surface area contributed by atoms with E-state index in [2.05, 4.69) is 10.3 Å². The number of nitrogens with one attached hydrogen (secondary N) is 1. The Morgan fingerprint density at radius 2 is 2.08 bits per heavy atom. The Hall–Kier alpha value is -2.39. The Kier molecular flexibility index (Phi) is 6.76. The Balaban J connectivity index is 0.000000342. The number of pyridine rings is 1. The first-order chi connectivity index (χ1) is 12.3. The van der Waals surface area contributed by atoms with Crippen molar-refractivity contribution in [2.75, 3.05) is 19.6 Å². The van der Waals surface area contributed by atoms with E-state index in [1.54, 1.807) is 0 Å². The predicted molar refractivity (Wildman–Crippen MR) is 83.2 cm³/mol. The van der Waals surface area contributed by atoms with Crippen molar-refractivity contribution in [2.45, 2.75) is 38.0 Å². The summed E-state index contributed by atoms with van der Waals surface area (Å²) in [5.41, 5.74) is -0.450. The molecular formula is C16H19F4N3O3. The number of hydrogen-bond acceptors (Lipinski definition) is 4. The van der Waals surface area contributed by atoms with Gasteiger partial charge in [-0.25, -0.2) is 22.4 Å². The van der Waals surface area contributed by atoms with Crippen LogP contribution in [0.25, 0.3) is 0 Å². The van der Waals surface area contributed by atoms with E-state index in [1.807, 2.05) is 0 Å². The summed E-state index contributed by atoms with van der Waals surface area (Å²) >= 11 is 0. The Bertz CT molecular complexity index is 618. The van der Waals surface area contributed by atoms with Crippen LogP contribution >= 0.6 is 0 Å². The lowest BCUT2D eigenvalue weighted by atomic mass is 10.1. The molecule has 0 bridgehead atoms. The second kappa shape index (κ2) is 8.81. The van der Waals surface area contributed by atoms with E-state index in [1.165, 1.54) is 0 Å². The van der Waals surface area contributed by atoms with Gasteiger partial charge in [0.2, 0.25) is 5.91 Å². The number of ether oxygens (including phenoxy) is 1. The van der Waals surface area contributed by atoms with Crippen molar-refractivity contribution in [1.29, 1.82) is 0 Å². The molecule has 0 saturated carbocycles. The molecule has 1 aromatic rings. The monoisotopic (exact) mass is 377 g/mol. The molecule has 2 aliphatic heterocycles. The summed E-state index contributed by atoms with van der Waals surface area (Å²) in [5, 5.41) is 2.68. The van der Waals surface area contributed by atoms with Crippen LogP contribution in [0.3, 0.4) is 0 Å². The number of alkyl halides is 4. The van der Waals surface area contributed by atoms with Crippen molar-refractivity contribution in [1.82, 2.24) is 15.2 Å². The molecule has 2 saturated heterocycles. The fourth-order valence-electron chi connectivity index (χ4n) is 2.43. The second-order valence-corrected chi connectivity index (χ2v) is 5.92. The summed E-state index contributed by atoms with van der Waals surface area (Å²) in [6.07, 6.45) is -1.01. The zero-order valence-electron chi connectivity index (χ0n) is 13.9. The van der Waals surface area contributed by atoms with Crippen LogP contribution in [0.5, 0.6) is 5.75 Å². The SMILES string of the molecule is O=C(Oc1ccc(C(F)F)nc1)N1CCCC(F)(F)C1.O=C1CCCN1. The summed E-state index contributed by atoms with van der Waals surface area (Å²) in [7, 11) is 0. The van der Waals surface area contributed by atoms with Gasteiger partial charge in [0.1, 0.15) is 5.69 Å².